The molecule has 0 radical (unpaired) electrons. The molecule has 9 nitrogen and oxygen atoms in total. The number of nitrogen functional groups attached to an aromatic ring is 1. The van der Waals surface area contributed by atoms with Crippen LogP contribution in [-0.4, -0.2) is 67.4 Å². The molecule has 0 bridgehead atoms. The Balaban J connectivity index is 1.43. The molecule has 2 amide bonds. The third kappa shape index (κ3) is 3.56. The second kappa shape index (κ2) is 7.69. The number of nitrogens with zero attached hydrogens (tertiary/aromatic N) is 6. The highest BCUT2D eigenvalue weighted by molar-refractivity contribution is 5.94. The van der Waals surface area contributed by atoms with Gasteiger partial charge in [-0.2, -0.15) is 9.50 Å². The van der Waals surface area contributed by atoms with Crippen molar-refractivity contribution in [2.45, 2.75) is 20.3 Å². The summed E-state index contributed by atoms with van der Waals surface area (Å²) in [5.41, 5.74) is 7.95. The van der Waals surface area contributed by atoms with E-state index in [0.29, 0.717) is 37.7 Å². The number of aryl methyl sites for hydroxylation is 2. The highest BCUT2D eigenvalue weighted by atomic mass is 19.1. The summed E-state index contributed by atoms with van der Waals surface area (Å²) in [6.45, 7) is 5.17. The first-order valence-corrected chi connectivity index (χ1v) is 9.65. The molecule has 1 aromatic carbocycles. The molecule has 0 unspecified atom stereocenters. The van der Waals surface area contributed by atoms with E-state index in [1.807, 2.05) is 13.8 Å². The number of anilines is 1. The number of fused-ring (bicyclic) bond motifs is 1. The molecule has 2 N–H and O–H groups in total. The van der Waals surface area contributed by atoms with Crippen LogP contribution in [0.25, 0.3) is 5.78 Å². The lowest BCUT2D eigenvalue weighted by Gasteiger charge is -2.35. The zero-order chi connectivity index (χ0) is 21.4. The van der Waals surface area contributed by atoms with Gasteiger partial charge in [-0.1, -0.05) is 12.1 Å². The van der Waals surface area contributed by atoms with Gasteiger partial charge >= 0.3 is 0 Å². The van der Waals surface area contributed by atoms with Gasteiger partial charge in [0, 0.05) is 43.1 Å². The van der Waals surface area contributed by atoms with E-state index in [0.717, 1.165) is 11.3 Å². The first-order chi connectivity index (χ1) is 14.3. The molecular formula is C20H22FN7O2. The van der Waals surface area contributed by atoms with Crippen LogP contribution in [0.2, 0.25) is 0 Å². The molecule has 1 fully saturated rings. The van der Waals surface area contributed by atoms with E-state index >= 15 is 0 Å². The number of amides is 2. The Morgan fingerprint density at radius 2 is 1.73 bits per heavy atom. The molecule has 30 heavy (non-hydrogen) atoms. The molecule has 0 aliphatic carbocycles. The summed E-state index contributed by atoms with van der Waals surface area (Å²) >= 11 is 0. The maximum atomic E-state index is 13.9. The maximum absolute atomic E-state index is 13.9. The molecule has 1 aliphatic rings. The quantitative estimate of drug-likeness (QED) is 0.688. The molecule has 2 aromatic heterocycles. The van der Waals surface area contributed by atoms with E-state index in [-0.39, 0.29) is 29.7 Å². The fourth-order valence-corrected chi connectivity index (χ4v) is 3.71. The van der Waals surface area contributed by atoms with Crippen LogP contribution in [0.3, 0.4) is 0 Å². The number of carbonyl (C=O) groups excluding carboxylic acids is 2. The Kier molecular flexibility index (Phi) is 5.06. The topological polar surface area (TPSA) is 110 Å². The van der Waals surface area contributed by atoms with Crippen LogP contribution in [0.1, 0.15) is 27.3 Å². The number of rotatable bonds is 3. The number of nitrogens with two attached hydrogens (primary N) is 1. The Morgan fingerprint density at radius 1 is 1.07 bits per heavy atom. The highest BCUT2D eigenvalue weighted by Gasteiger charge is 2.27. The minimum Gasteiger partial charge on any atom is -0.366 e. The molecule has 4 rings (SSSR count). The predicted octanol–water partition coefficient (Wildman–Crippen LogP) is 0.990. The SMILES string of the molecule is Cc1nc2nc(N)nn2c(C)c1CC(=O)N1CCN(C(=O)c2ccccc2F)CC1. The van der Waals surface area contributed by atoms with Gasteiger partial charge in [-0.05, 0) is 26.0 Å². The summed E-state index contributed by atoms with van der Waals surface area (Å²) in [4.78, 5) is 37.2. The van der Waals surface area contributed by atoms with Crippen molar-refractivity contribution in [2.24, 2.45) is 0 Å². The normalized spacial score (nSPS) is 14.4. The number of halogens is 1. The molecule has 0 spiro atoms. The van der Waals surface area contributed by atoms with Gasteiger partial charge in [0.1, 0.15) is 5.82 Å². The van der Waals surface area contributed by atoms with E-state index < -0.39 is 5.82 Å². The van der Waals surface area contributed by atoms with Crippen LogP contribution in [0, 0.1) is 19.7 Å². The largest absolute Gasteiger partial charge is 0.366 e. The third-order valence-corrected chi connectivity index (χ3v) is 5.42. The van der Waals surface area contributed by atoms with Crippen molar-refractivity contribution in [1.29, 1.82) is 0 Å². The van der Waals surface area contributed by atoms with Crippen LogP contribution in [-0.2, 0) is 11.2 Å². The summed E-state index contributed by atoms with van der Waals surface area (Å²) < 4.78 is 15.4. The third-order valence-electron chi connectivity index (χ3n) is 5.42. The summed E-state index contributed by atoms with van der Waals surface area (Å²) in [7, 11) is 0. The average molecular weight is 411 g/mol. The first-order valence-electron chi connectivity index (χ1n) is 9.65. The van der Waals surface area contributed by atoms with Crippen LogP contribution in [0.4, 0.5) is 10.3 Å². The lowest BCUT2D eigenvalue weighted by molar-refractivity contribution is -0.131. The zero-order valence-electron chi connectivity index (χ0n) is 16.8. The summed E-state index contributed by atoms with van der Waals surface area (Å²) in [5.74, 6) is -0.426. The number of carbonyl (C=O) groups is 2. The van der Waals surface area contributed by atoms with E-state index in [1.165, 1.54) is 16.6 Å². The summed E-state index contributed by atoms with van der Waals surface area (Å²) in [6.07, 6.45) is 0.168. The van der Waals surface area contributed by atoms with Crippen molar-refractivity contribution in [3.63, 3.8) is 0 Å². The zero-order valence-corrected chi connectivity index (χ0v) is 16.8. The second-order valence-corrected chi connectivity index (χ2v) is 7.27. The average Bonchev–Trinajstić information content (AvgIpc) is 3.11. The smallest absolute Gasteiger partial charge is 0.256 e. The van der Waals surface area contributed by atoms with Crippen molar-refractivity contribution >= 4 is 23.5 Å². The molecule has 1 aliphatic heterocycles. The van der Waals surface area contributed by atoms with Gasteiger partial charge in [0.15, 0.2) is 0 Å². The van der Waals surface area contributed by atoms with Crippen molar-refractivity contribution in [2.75, 3.05) is 31.9 Å². The van der Waals surface area contributed by atoms with Crippen molar-refractivity contribution in [1.82, 2.24) is 29.4 Å². The number of benzene rings is 1. The van der Waals surface area contributed by atoms with Crippen LogP contribution < -0.4 is 5.73 Å². The molecule has 10 heteroatoms. The van der Waals surface area contributed by atoms with Gasteiger partial charge in [0.25, 0.3) is 11.7 Å². The molecule has 0 saturated carbocycles. The van der Waals surface area contributed by atoms with E-state index in [9.17, 15) is 14.0 Å². The Morgan fingerprint density at radius 3 is 2.43 bits per heavy atom. The minimum absolute atomic E-state index is 0.0509. The molecular weight excluding hydrogens is 389 g/mol. The van der Waals surface area contributed by atoms with E-state index in [2.05, 4.69) is 15.1 Å². The Hall–Kier alpha value is -3.56. The number of piperazine rings is 1. The van der Waals surface area contributed by atoms with Crippen molar-refractivity contribution < 1.29 is 14.0 Å². The highest BCUT2D eigenvalue weighted by Crippen LogP contribution is 2.17. The lowest BCUT2D eigenvalue weighted by atomic mass is 10.1. The second-order valence-electron chi connectivity index (χ2n) is 7.27. The van der Waals surface area contributed by atoms with Gasteiger partial charge in [-0.15, -0.1) is 5.10 Å². The standard InChI is InChI=1S/C20H22FN7O2/c1-12-15(13(2)28-20(23-12)24-19(22)25-28)11-17(29)26-7-9-27(10-8-26)18(30)14-5-3-4-6-16(14)21/h3-6H,7-11H2,1-2H3,(H2,22,25). The fourth-order valence-electron chi connectivity index (χ4n) is 3.71. The summed E-state index contributed by atoms with van der Waals surface area (Å²) in [5, 5.41) is 4.12. The molecule has 156 valence electrons. The first kappa shape index (κ1) is 19.7. The number of hydrogen-bond donors (Lipinski definition) is 1. The fraction of sp³-hybridized carbons (Fsp3) is 0.350. The van der Waals surface area contributed by atoms with Gasteiger partial charge in [-0.25, -0.2) is 9.37 Å². The van der Waals surface area contributed by atoms with Crippen molar-refractivity contribution in [3.05, 3.63) is 52.6 Å². The monoisotopic (exact) mass is 411 g/mol. The van der Waals surface area contributed by atoms with E-state index in [4.69, 9.17) is 5.73 Å². The van der Waals surface area contributed by atoms with Crippen molar-refractivity contribution in [3.8, 4) is 0 Å². The molecule has 3 heterocycles. The van der Waals surface area contributed by atoms with Gasteiger partial charge in [0.05, 0.1) is 12.0 Å². The molecule has 1 saturated heterocycles. The van der Waals surface area contributed by atoms with Crippen LogP contribution >= 0.6 is 0 Å². The van der Waals surface area contributed by atoms with Gasteiger partial charge in [0.2, 0.25) is 11.9 Å². The van der Waals surface area contributed by atoms with Crippen LogP contribution in [0.15, 0.2) is 24.3 Å². The Bertz CT molecular complexity index is 1140. The number of aromatic nitrogens is 4. The minimum atomic E-state index is -0.538. The number of hydrogen-bond acceptors (Lipinski definition) is 6. The molecule has 0 atom stereocenters. The van der Waals surface area contributed by atoms with Crippen LogP contribution in [0.5, 0.6) is 0 Å². The lowest BCUT2D eigenvalue weighted by Crippen LogP contribution is -2.51. The van der Waals surface area contributed by atoms with Gasteiger partial charge in [-0.3, -0.25) is 9.59 Å². The molecule has 3 aromatic rings. The van der Waals surface area contributed by atoms with Gasteiger partial charge < -0.3 is 15.5 Å². The summed E-state index contributed by atoms with van der Waals surface area (Å²) in [6, 6.07) is 5.92. The van der Waals surface area contributed by atoms with E-state index in [1.54, 1.807) is 21.9 Å². The predicted molar refractivity (Wildman–Crippen MR) is 107 cm³/mol. The maximum Gasteiger partial charge on any atom is 0.256 e. The Labute approximate surface area is 172 Å².